The third-order valence-electron chi connectivity index (χ3n) is 2.95. The molecule has 0 bridgehead atoms. The third-order valence-corrected chi connectivity index (χ3v) is 3.18. The second-order valence-corrected chi connectivity index (χ2v) is 5.00. The Bertz CT molecular complexity index is 437. The van der Waals surface area contributed by atoms with Gasteiger partial charge in [0.2, 0.25) is 5.91 Å². The number of hydrogen-bond donors (Lipinski definition) is 1. The molecule has 1 heterocycles. The molecule has 1 aromatic rings. The summed E-state index contributed by atoms with van der Waals surface area (Å²) in [6, 6.07) is 6.83. The van der Waals surface area contributed by atoms with E-state index in [0.29, 0.717) is 18.1 Å². The van der Waals surface area contributed by atoms with Gasteiger partial charge in [0.1, 0.15) is 11.9 Å². The summed E-state index contributed by atoms with van der Waals surface area (Å²) in [6.07, 6.45) is 0.844. The van der Waals surface area contributed by atoms with E-state index >= 15 is 0 Å². The number of ether oxygens (including phenoxy) is 1. The number of benzene rings is 1. The highest BCUT2D eigenvalue weighted by Gasteiger charge is 2.28. The molecule has 2 atom stereocenters. The zero-order chi connectivity index (χ0) is 13.1. The molecule has 0 aromatic heterocycles. The van der Waals surface area contributed by atoms with Crippen LogP contribution in [-0.4, -0.2) is 36.0 Å². The minimum absolute atomic E-state index is 0.0196. The lowest BCUT2D eigenvalue weighted by molar-refractivity contribution is -0.131. The van der Waals surface area contributed by atoms with Crippen LogP contribution in [0.3, 0.4) is 0 Å². The smallest absolute Gasteiger partial charge is 0.239 e. The first-order valence-corrected chi connectivity index (χ1v) is 6.40. The largest absolute Gasteiger partial charge is 0.488 e. The van der Waals surface area contributed by atoms with E-state index in [4.69, 9.17) is 22.1 Å². The molecule has 18 heavy (non-hydrogen) atoms. The van der Waals surface area contributed by atoms with E-state index in [1.165, 1.54) is 0 Å². The van der Waals surface area contributed by atoms with Crippen LogP contribution in [0.2, 0.25) is 5.02 Å². The first-order valence-electron chi connectivity index (χ1n) is 6.03. The van der Waals surface area contributed by atoms with Gasteiger partial charge in [-0.2, -0.15) is 0 Å². The van der Waals surface area contributed by atoms with Crippen LogP contribution in [0.15, 0.2) is 24.3 Å². The van der Waals surface area contributed by atoms with E-state index in [1.54, 1.807) is 24.0 Å². The lowest BCUT2D eigenvalue weighted by Gasteiger charge is -2.19. The SMILES string of the molecule is C[C@@H](N)C(=O)N1CCC(Oc2cccc(Cl)c2)C1. The maximum absolute atomic E-state index is 11.7. The maximum Gasteiger partial charge on any atom is 0.239 e. The van der Waals surface area contributed by atoms with Crippen molar-refractivity contribution in [2.75, 3.05) is 13.1 Å². The Morgan fingerprint density at radius 3 is 3.06 bits per heavy atom. The van der Waals surface area contributed by atoms with Crippen molar-refractivity contribution in [1.82, 2.24) is 4.90 Å². The van der Waals surface area contributed by atoms with E-state index in [9.17, 15) is 4.79 Å². The Kier molecular flexibility index (Phi) is 4.09. The first-order chi connectivity index (χ1) is 8.56. The number of nitrogens with two attached hydrogens (primary N) is 1. The molecule has 1 aromatic carbocycles. The molecule has 98 valence electrons. The zero-order valence-corrected chi connectivity index (χ0v) is 11.1. The predicted octanol–water partition coefficient (Wildman–Crippen LogP) is 1.67. The summed E-state index contributed by atoms with van der Waals surface area (Å²) < 4.78 is 5.80. The van der Waals surface area contributed by atoms with Gasteiger partial charge in [0.25, 0.3) is 0 Å². The van der Waals surface area contributed by atoms with Crippen LogP contribution in [0.25, 0.3) is 0 Å². The van der Waals surface area contributed by atoms with E-state index in [2.05, 4.69) is 0 Å². The van der Waals surface area contributed by atoms with Gasteiger partial charge >= 0.3 is 0 Å². The Labute approximate surface area is 112 Å². The second kappa shape index (κ2) is 5.59. The van der Waals surface area contributed by atoms with Gasteiger partial charge in [0, 0.05) is 18.0 Å². The molecular formula is C13H17ClN2O2. The number of carbonyl (C=O) groups is 1. The maximum atomic E-state index is 11.7. The Morgan fingerprint density at radius 1 is 1.61 bits per heavy atom. The molecule has 0 spiro atoms. The van der Waals surface area contributed by atoms with Crippen molar-refractivity contribution in [2.45, 2.75) is 25.5 Å². The van der Waals surface area contributed by atoms with Crippen molar-refractivity contribution in [2.24, 2.45) is 5.73 Å². The number of rotatable bonds is 3. The molecule has 1 unspecified atom stereocenters. The molecule has 1 amide bonds. The molecule has 2 rings (SSSR count). The summed E-state index contributed by atoms with van der Waals surface area (Å²) in [5, 5.41) is 0.647. The zero-order valence-electron chi connectivity index (χ0n) is 10.3. The summed E-state index contributed by atoms with van der Waals surface area (Å²) >= 11 is 5.89. The average molecular weight is 269 g/mol. The van der Waals surface area contributed by atoms with Gasteiger partial charge in [-0.15, -0.1) is 0 Å². The summed E-state index contributed by atoms with van der Waals surface area (Å²) in [6.45, 7) is 2.99. The Hall–Kier alpha value is -1.26. The molecule has 0 radical (unpaired) electrons. The highest BCUT2D eigenvalue weighted by molar-refractivity contribution is 6.30. The van der Waals surface area contributed by atoms with Gasteiger partial charge in [-0.3, -0.25) is 4.79 Å². The number of hydrogen-bond acceptors (Lipinski definition) is 3. The van der Waals surface area contributed by atoms with Gasteiger partial charge in [0.15, 0.2) is 0 Å². The van der Waals surface area contributed by atoms with Crippen LogP contribution in [0.5, 0.6) is 5.75 Å². The molecule has 1 aliphatic rings. The fraction of sp³-hybridized carbons (Fsp3) is 0.462. The summed E-state index contributed by atoms with van der Waals surface area (Å²) in [5.74, 6) is 0.717. The highest BCUT2D eigenvalue weighted by Crippen LogP contribution is 2.21. The minimum atomic E-state index is -0.449. The third kappa shape index (κ3) is 3.15. The van der Waals surface area contributed by atoms with E-state index in [0.717, 1.165) is 12.2 Å². The van der Waals surface area contributed by atoms with E-state index < -0.39 is 6.04 Å². The predicted molar refractivity (Wildman–Crippen MR) is 70.7 cm³/mol. The van der Waals surface area contributed by atoms with Crippen LogP contribution >= 0.6 is 11.6 Å². The van der Waals surface area contributed by atoms with E-state index in [-0.39, 0.29) is 12.0 Å². The standard InChI is InChI=1S/C13H17ClN2O2/c1-9(15)13(17)16-6-5-12(8-16)18-11-4-2-3-10(14)7-11/h2-4,7,9,12H,5-6,8,15H2,1H3/t9-,12?/m1/s1. The first kappa shape index (κ1) is 13.2. The van der Waals surface area contributed by atoms with Gasteiger partial charge in [-0.1, -0.05) is 17.7 Å². The van der Waals surface area contributed by atoms with Gasteiger partial charge in [-0.25, -0.2) is 0 Å². The molecular weight excluding hydrogens is 252 g/mol. The second-order valence-electron chi connectivity index (χ2n) is 4.56. The number of nitrogens with zero attached hydrogens (tertiary/aromatic N) is 1. The fourth-order valence-corrected chi connectivity index (χ4v) is 2.23. The van der Waals surface area contributed by atoms with Crippen LogP contribution in [0, 0.1) is 0 Å². The molecule has 1 aliphatic heterocycles. The van der Waals surface area contributed by atoms with Crippen molar-refractivity contribution >= 4 is 17.5 Å². The Balaban J connectivity index is 1.92. The lowest BCUT2D eigenvalue weighted by Crippen LogP contribution is -2.41. The Morgan fingerprint density at radius 2 is 2.39 bits per heavy atom. The van der Waals surface area contributed by atoms with Crippen LogP contribution in [0.1, 0.15) is 13.3 Å². The van der Waals surface area contributed by atoms with Crippen LogP contribution in [0.4, 0.5) is 0 Å². The van der Waals surface area contributed by atoms with Crippen molar-refractivity contribution < 1.29 is 9.53 Å². The number of amides is 1. The molecule has 4 nitrogen and oxygen atoms in total. The molecule has 1 fully saturated rings. The van der Waals surface area contributed by atoms with Crippen molar-refractivity contribution in [1.29, 1.82) is 0 Å². The van der Waals surface area contributed by atoms with Gasteiger partial charge < -0.3 is 15.4 Å². The van der Waals surface area contributed by atoms with Crippen LogP contribution in [-0.2, 0) is 4.79 Å². The molecule has 0 saturated carbocycles. The number of likely N-dealkylation sites (tertiary alicyclic amines) is 1. The number of halogens is 1. The molecule has 1 saturated heterocycles. The normalized spacial score (nSPS) is 20.8. The molecule has 5 heteroatoms. The van der Waals surface area contributed by atoms with E-state index in [1.807, 2.05) is 12.1 Å². The quantitative estimate of drug-likeness (QED) is 0.907. The number of carbonyl (C=O) groups excluding carboxylic acids is 1. The summed E-state index contributed by atoms with van der Waals surface area (Å²) in [7, 11) is 0. The molecule has 0 aliphatic carbocycles. The lowest BCUT2D eigenvalue weighted by atomic mass is 10.3. The van der Waals surface area contributed by atoms with Gasteiger partial charge in [0.05, 0.1) is 12.6 Å². The highest BCUT2D eigenvalue weighted by atomic mass is 35.5. The van der Waals surface area contributed by atoms with Crippen molar-refractivity contribution in [3.63, 3.8) is 0 Å². The summed E-state index contributed by atoms with van der Waals surface area (Å²) in [5.41, 5.74) is 5.58. The van der Waals surface area contributed by atoms with Crippen LogP contribution < -0.4 is 10.5 Å². The minimum Gasteiger partial charge on any atom is -0.488 e. The average Bonchev–Trinajstić information content (AvgIpc) is 2.76. The monoisotopic (exact) mass is 268 g/mol. The van der Waals surface area contributed by atoms with Crippen molar-refractivity contribution in [3.05, 3.63) is 29.3 Å². The topological polar surface area (TPSA) is 55.6 Å². The summed E-state index contributed by atoms with van der Waals surface area (Å²) in [4.78, 5) is 13.5. The molecule has 2 N–H and O–H groups in total. The van der Waals surface area contributed by atoms with Crippen molar-refractivity contribution in [3.8, 4) is 5.75 Å². The fourth-order valence-electron chi connectivity index (χ4n) is 2.05. The van der Waals surface area contributed by atoms with Gasteiger partial charge in [-0.05, 0) is 25.1 Å².